The largest absolute Gasteiger partial charge is 0.392 e. The van der Waals surface area contributed by atoms with Crippen molar-refractivity contribution < 1.29 is 17.9 Å². The SMILES string of the molecule is C=CCN(CCC)S(=O)(=O)c1cc(F)c(Cl)c(CO)c1. The Morgan fingerprint density at radius 1 is 1.50 bits per heavy atom. The van der Waals surface area contributed by atoms with E-state index in [4.69, 9.17) is 16.7 Å². The van der Waals surface area contributed by atoms with Crippen molar-refractivity contribution in [2.75, 3.05) is 13.1 Å². The van der Waals surface area contributed by atoms with E-state index in [0.717, 1.165) is 6.07 Å². The van der Waals surface area contributed by atoms with Crippen molar-refractivity contribution in [1.29, 1.82) is 0 Å². The molecule has 4 nitrogen and oxygen atoms in total. The summed E-state index contributed by atoms with van der Waals surface area (Å²) in [5.41, 5.74) is 0.0419. The molecule has 0 aliphatic heterocycles. The van der Waals surface area contributed by atoms with Crippen LogP contribution < -0.4 is 0 Å². The normalized spacial score (nSPS) is 11.8. The van der Waals surface area contributed by atoms with Gasteiger partial charge in [-0.05, 0) is 18.6 Å². The fourth-order valence-corrected chi connectivity index (χ4v) is 3.47. The van der Waals surface area contributed by atoms with E-state index in [-0.39, 0.29) is 22.0 Å². The minimum atomic E-state index is -3.84. The molecular formula is C13H17ClFNO3S. The lowest BCUT2D eigenvalue weighted by atomic mass is 10.2. The molecule has 0 heterocycles. The third kappa shape index (κ3) is 3.58. The van der Waals surface area contributed by atoms with Crippen LogP contribution in [-0.2, 0) is 16.6 Å². The third-order valence-electron chi connectivity index (χ3n) is 2.69. The number of nitrogens with zero attached hydrogens (tertiary/aromatic N) is 1. The zero-order valence-corrected chi connectivity index (χ0v) is 12.7. The van der Waals surface area contributed by atoms with Crippen molar-refractivity contribution in [3.63, 3.8) is 0 Å². The van der Waals surface area contributed by atoms with Crippen molar-refractivity contribution in [2.24, 2.45) is 0 Å². The second-order valence-electron chi connectivity index (χ2n) is 4.19. The van der Waals surface area contributed by atoms with Crippen LogP contribution in [0, 0.1) is 5.82 Å². The predicted octanol–water partition coefficient (Wildman–Crippen LogP) is 2.56. The second-order valence-corrected chi connectivity index (χ2v) is 6.50. The molecule has 0 bridgehead atoms. The Bertz CT molecular complexity index is 590. The topological polar surface area (TPSA) is 57.6 Å². The average Bonchev–Trinajstić information content (AvgIpc) is 2.41. The molecule has 0 spiro atoms. The third-order valence-corrected chi connectivity index (χ3v) is 4.96. The maximum atomic E-state index is 13.6. The molecule has 0 aromatic heterocycles. The van der Waals surface area contributed by atoms with Crippen LogP contribution in [0.2, 0.25) is 5.02 Å². The quantitative estimate of drug-likeness (QED) is 0.785. The number of rotatable bonds is 7. The van der Waals surface area contributed by atoms with E-state index >= 15 is 0 Å². The maximum absolute atomic E-state index is 13.6. The number of aliphatic hydroxyl groups is 1. The Morgan fingerprint density at radius 3 is 2.65 bits per heavy atom. The smallest absolute Gasteiger partial charge is 0.243 e. The first-order valence-corrected chi connectivity index (χ1v) is 7.90. The Morgan fingerprint density at radius 2 is 2.15 bits per heavy atom. The molecule has 0 amide bonds. The lowest BCUT2D eigenvalue weighted by Gasteiger charge is -2.20. The molecule has 0 saturated heterocycles. The zero-order chi connectivity index (χ0) is 15.3. The molecule has 1 aromatic rings. The zero-order valence-electron chi connectivity index (χ0n) is 11.1. The number of sulfonamides is 1. The summed E-state index contributed by atoms with van der Waals surface area (Å²) in [5, 5.41) is 8.84. The van der Waals surface area contributed by atoms with Crippen LogP contribution in [0.25, 0.3) is 0 Å². The Balaban J connectivity index is 3.33. The summed E-state index contributed by atoms with van der Waals surface area (Å²) in [5.74, 6) is -0.869. The summed E-state index contributed by atoms with van der Waals surface area (Å²) >= 11 is 5.66. The van der Waals surface area contributed by atoms with Gasteiger partial charge in [-0.15, -0.1) is 6.58 Å². The molecule has 0 radical (unpaired) electrons. The van der Waals surface area contributed by atoms with Crippen LogP contribution in [0.3, 0.4) is 0 Å². The molecule has 0 atom stereocenters. The summed E-state index contributed by atoms with van der Waals surface area (Å²) in [6.45, 7) is 5.25. The Kier molecular flexibility index (Phi) is 6.13. The van der Waals surface area contributed by atoms with Gasteiger partial charge in [0.15, 0.2) is 0 Å². The highest BCUT2D eigenvalue weighted by molar-refractivity contribution is 7.89. The van der Waals surface area contributed by atoms with Crippen LogP contribution in [0.1, 0.15) is 18.9 Å². The molecule has 0 aliphatic rings. The van der Waals surface area contributed by atoms with Crippen LogP contribution in [-0.4, -0.2) is 30.9 Å². The fourth-order valence-electron chi connectivity index (χ4n) is 1.73. The van der Waals surface area contributed by atoms with E-state index in [1.807, 2.05) is 6.92 Å². The van der Waals surface area contributed by atoms with Gasteiger partial charge in [0.25, 0.3) is 0 Å². The van der Waals surface area contributed by atoms with E-state index in [2.05, 4.69) is 6.58 Å². The van der Waals surface area contributed by atoms with Gasteiger partial charge in [-0.3, -0.25) is 0 Å². The highest BCUT2D eigenvalue weighted by atomic mass is 35.5. The highest BCUT2D eigenvalue weighted by Crippen LogP contribution is 2.26. The van der Waals surface area contributed by atoms with Crippen LogP contribution in [0.15, 0.2) is 29.7 Å². The summed E-state index contributed by atoms with van der Waals surface area (Å²) in [6.07, 6.45) is 2.09. The minimum Gasteiger partial charge on any atom is -0.392 e. The molecule has 1 aromatic carbocycles. The van der Waals surface area contributed by atoms with Gasteiger partial charge in [-0.25, -0.2) is 12.8 Å². The molecule has 0 saturated carbocycles. The van der Waals surface area contributed by atoms with Gasteiger partial charge in [0.2, 0.25) is 10.0 Å². The molecule has 112 valence electrons. The van der Waals surface area contributed by atoms with Crippen LogP contribution >= 0.6 is 11.6 Å². The first-order valence-electron chi connectivity index (χ1n) is 6.08. The minimum absolute atomic E-state index is 0.0419. The summed E-state index contributed by atoms with van der Waals surface area (Å²) in [6, 6.07) is 2.05. The number of halogens is 2. The summed E-state index contributed by atoms with van der Waals surface area (Å²) < 4.78 is 39.7. The molecule has 1 N–H and O–H groups in total. The van der Waals surface area contributed by atoms with Gasteiger partial charge in [-0.2, -0.15) is 4.31 Å². The van der Waals surface area contributed by atoms with Crippen molar-refractivity contribution >= 4 is 21.6 Å². The van der Waals surface area contributed by atoms with Gasteiger partial charge in [0.05, 0.1) is 16.5 Å². The lowest BCUT2D eigenvalue weighted by molar-refractivity contribution is 0.281. The maximum Gasteiger partial charge on any atom is 0.243 e. The molecule has 7 heteroatoms. The van der Waals surface area contributed by atoms with Crippen molar-refractivity contribution in [1.82, 2.24) is 4.31 Å². The monoisotopic (exact) mass is 321 g/mol. The van der Waals surface area contributed by atoms with E-state index in [0.29, 0.717) is 13.0 Å². The van der Waals surface area contributed by atoms with Gasteiger partial charge in [-0.1, -0.05) is 24.6 Å². The Hall–Kier alpha value is -0.950. The number of hydrogen-bond acceptors (Lipinski definition) is 3. The van der Waals surface area contributed by atoms with E-state index in [1.165, 1.54) is 16.4 Å². The first-order chi connectivity index (χ1) is 9.38. The molecular weight excluding hydrogens is 305 g/mol. The molecule has 0 fully saturated rings. The van der Waals surface area contributed by atoms with E-state index < -0.39 is 22.4 Å². The molecule has 0 aliphatic carbocycles. The molecule has 20 heavy (non-hydrogen) atoms. The van der Waals surface area contributed by atoms with Crippen molar-refractivity contribution in [3.8, 4) is 0 Å². The van der Waals surface area contributed by atoms with E-state index in [9.17, 15) is 12.8 Å². The number of aliphatic hydroxyl groups excluding tert-OH is 1. The van der Waals surface area contributed by atoms with Gasteiger partial charge in [0, 0.05) is 18.7 Å². The molecule has 0 unspecified atom stereocenters. The first kappa shape index (κ1) is 17.1. The van der Waals surface area contributed by atoms with Crippen molar-refractivity contribution in [2.45, 2.75) is 24.8 Å². The second kappa shape index (κ2) is 7.17. The standard InChI is InChI=1S/C13H17ClFNO3S/c1-3-5-16(6-4-2)20(18,19)11-7-10(9-17)13(14)12(15)8-11/h3,7-8,17H,1,4-6,9H2,2H3. The number of benzene rings is 1. The fraction of sp³-hybridized carbons (Fsp3) is 0.385. The number of hydrogen-bond donors (Lipinski definition) is 1. The van der Waals surface area contributed by atoms with Crippen LogP contribution in [0.5, 0.6) is 0 Å². The summed E-state index contributed by atoms with van der Waals surface area (Å²) in [4.78, 5) is -0.223. The van der Waals surface area contributed by atoms with Gasteiger partial charge in [0.1, 0.15) is 5.82 Å². The van der Waals surface area contributed by atoms with Crippen molar-refractivity contribution in [3.05, 3.63) is 41.2 Å². The van der Waals surface area contributed by atoms with E-state index in [1.54, 1.807) is 0 Å². The van der Waals surface area contributed by atoms with Gasteiger partial charge < -0.3 is 5.11 Å². The highest BCUT2D eigenvalue weighted by Gasteiger charge is 2.25. The van der Waals surface area contributed by atoms with Crippen LogP contribution in [0.4, 0.5) is 4.39 Å². The summed E-state index contributed by atoms with van der Waals surface area (Å²) in [7, 11) is -3.84. The Labute approximate surface area is 123 Å². The predicted molar refractivity (Wildman–Crippen MR) is 76.6 cm³/mol. The van der Waals surface area contributed by atoms with Gasteiger partial charge >= 0.3 is 0 Å². The lowest BCUT2D eigenvalue weighted by Crippen LogP contribution is -2.32. The molecule has 1 rings (SSSR count). The average molecular weight is 322 g/mol.